The monoisotopic (exact) mass is 358 g/mol. The normalized spacial score (nSPS) is 14.6. The highest BCUT2D eigenvalue weighted by Gasteiger charge is 2.19. The Morgan fingerprint density at radius 1 is 1.27 bits per heavy atom. The molecule has 0 atom stereocenters. The summed E-state index contributed by atoms with van der Waals surface area (Å²) in [4.78, 5) is 24.8. The van der Waals surface area contributed by atoms with Crippen molar-refractivity contribution in [3.8, 4) is 5.75 Å². The minimum absolute atomic E-state index is 0.000630. The van der Waals surface area contributed by atoms with E-state index in [1.807, 2.05) is 6.07 Å². The van der Waals surface area contributed by atoms with Crippen LogP contribution in [0.2, 0.25) is 0 Å². The van der Waals surface area contributed by atoms with Crippen LogP contribution in [0.4, 0.5) is 5.69 Å². The topological polar surface area (TPSA) is 89.2 Å². The molecule has 26 heavy (non-hydrogen) atoms. The van der Waals surface area contributed by atoms with E-state index in [2.05, 4.69) is 31.2 Å². The molecule has 0 fully saturated rings. The van der Waals surface area contributed by atoms with Crippen LogP contribution in [0.3, 0.4) is 0 Å². The molecule has 2 aromatic rings. The van der Waals surface area contributed by atoms with Crippen LogP contribution in [0.5, 0.6) is 5.75 Å². The summed E-state index contributed by atoms with van der Waals surface area (Å²) in [6.45, 7) is 6.66. The summed E-state index contributed by atoms with van der Waals surface area (Å²) in [6.07, 6.45) is 3.82. The molecule has 140 valence electrons. The van der Waals surface area contributed by atoms with E-state index in [1.165, 1.54) is 4.68 Å². The number of phenolic OH excluding ortho intramolecular Hbond substituents is 1. The number of aromatic hydroxyl groups is 1. The van der Waals surface area contributed by atoms with Gasteiger partial charge in [0.1, 0.15) is 18.1 Å². The predicted octanol–water partition coefficient (Wildman–Crippen LogP) is 2.41. The van der Waals surface area contributed by atoms with E-state index in [0.717, 1.165) is 37.1 Å². The zero-order chi connectivity index (χ0) is 18.9. The third-order valence-corrected chi connectivity index (χ3v) is 4.71. The Balaban J connectivity index is 1.77. The first-order chi connectivity index (χ1) is 12.3. The number of benzene rings is 1. The molecule has 0 bridgehead atoms. The summed E-state index contributed by atoms with van der Waals surface area (Å²) in [5.41, 5.74) is 0.989. The number of hydrogen-bond donors (Lipinski definition) is 2. The van der Waals surface area contributed by atoms with Crippen LogP contribution in [-0.4, -0.2) is 25.4 Å². The molecule has 0 spiro atoms. The van der Waals surface area contributed by atoms with Gasteiger partial charge in [-0.05, 0) is 36.0 Å². The van der Waals surface area contributed by atoms with Gasteiger partial charge in [0.05, 0.1) is 5.69 Å². The summed E-state index contributed by atoms with van der Waals surface area (Å²) in [7, 11) is 0. The highest BCUT2D eigenvalue weighted by molar-refractivity contribution is 5.92. The van der Waals surface area contributed by atoms with Crippen molar-refractivity contribution in [2.24, 2.45) is 0 Å². The van der Waals surface area contributed by atoms with Crippen molar-refractivity contribution >= 4 is 11.6 Å². The minimum Gasteiger partial charge on any atom is -0.506 e. The highest BCUT2D eigenvalue weighted by atomic mass is 16.3. The number of carbonyl (C=O) groups excluding carboxylic acids is 1. The molecular weight excluding hydrogens is 332 g/mol. The number of fused-ring (bicyclic) bond motifs is 1. The van der Waals surface area contributed by atoms with Gasteiger partial charge in [0, 0.05) is 13.0 Å². The molecule has 2 N–H and O–H groups in total. The number of nitrogens with one attached hydrogen (secondary N) is 1. The number of rotatable bonds is 3. The van der Waals surface area contributed by atoms with Gasteiger partial charge in [0.25, 0.3) is 0 Å². The Morgan fingerprint density at radius 3 is 2.77 bits per heavy atom. The maximum Gasteiger partial charge on any atom is 0.346 e. The van der Waals surface area contributed by atoms with Crippen LogP contribution in [0.1, 0.15) is 51.4 Å². The van der Waals surface area contributed by atoms with Gasteiger partial charge in [0.2, 0.25) is 5.91 Å². The number of nitrogens with zero attached hydrogens (tertiary/aromatic N) is 3. The quantitative estimate of drug-likeness (QED) is 0.825. The summed E-state index contributed by atoms with van der Waals surface area (Å²) < 4.78 is 2.87. The van der Waals surface area contributed by atoms with Crippen molar-refractivity contribution in [2.75, 3.05) is 5.32 Å². The van der Waals surface area contributed by atoms with Crippen molar-refractivity contribution in [2.45, 2.75) is 65.0 Å². The second-order valence-corrected chi connectivity index (χ2v) is 7.85. The van der Waals surface area contributed by atoms with Crippen molar-refractivity contribution in [3.63, 3.8) is 0 Å². The zero-order valence-electron chi connectivity index (χ0n) is 15.6. The predicted molar refractivity (Wildman–Crippen MR) is 99.5 cm³/mol. The van der Waals surface area contributed by atoms with E-state index in [-0.39, 0.29) is 29.3 Å². The number of aryl methyl sites for hydroxylation is 1. The van der Waals surface area contributed by atoms with Gasteiger partial charge in [-0.2, -0.15) is 5.10 Å². The molecule has 7 nitrogen and oxygen atoms in total. The molecular formula is C19H26N4O3. The maximum absolute atomic E-state index is 12.4. The van der Waals surface area contributed by atoms with E-state index >= 15 is 0 Å². The molecule has 2 heterocycles. The Bertz CT molecular complexity index is 874. The first kappa shape index (κ1) is 18.2. The van der Waals surface area contributed by atoms with E-state index in [1.54, 1.807) is 16.7 Å². The van der Waals surface area contributed by atoms with E-state index < -0.39 is 0 Å². The number of phenols is 1. The van der Waals surface area contributed by atoms with Gasteiger partial charge in [-0.15, -0.1) is 0 Å². The Kier molecular flexibility index (Phi) is 4.89. The van der Waals surface area contributed by atoms with Crippen LogP contribution in [0, 0.1) is 0 Å². The number of hydrogen-bond acceptors (Lipinski definition) is 4. The largest absolute Gasteiger partial charge is 0.506 e. The van der Waals surface area contributed by atoms with Crippen LogP contribution >= 0.6 is 0 Å². The standard InChI is InChI=1S/C19H26N4O3/c1-19(2,3)13-8-9-15(24)14(11-13)20-17(25)12-23-18(26)22-10-6-4-5-7-16(22)21-23/h8-9,11,24H,4-7,10,12H2,1-3H3,(H,20,25). The van der Waals surface area contributed by atoms with E-state index in [4.69, 9.17) is 0 Å². The van der Waals surface area contributed by atoms with Gasteiger partial charge >= 0.3 is 5.69 Å². The van der Waals surface area contributed by atoms with E-state index in [9.17, 15) is 14.7 Å². The Morgan fingerprint density at radius 2 is 2.04 bits per heavy atom. The van der Waals surface area contributed by atoms with Crippen molar-refractivity contribution in [1.29, 1.82) is 0 Å². The third kappa shape index (κ3) is 3.81. The van der Waals surface area contributed by atoms with Gasteiger partial charge in [-0.25, -0.2) is 9.48 Å². The molecule has 1 aliphatic heterocycles. The lowest BCUT2D eigenvalue weighted by atomic mass is 9.87. The number of anilines is 1. The molecule has 0 aliphatic carbocycles. The molecule has 0 unspecified atom stereocenters. The molecule has 3 rings (SSSR count). The SMILES string of the molecule is CC(C)(C)c1ccc(O)c(NC(=O)Cn2nc3n(c2=O)CCCCC3)c1. The number of amides is 1. The third-order valence-electron chi connectivity index (χ3n) is 4.71. The fourth-order valence-electron chi connectivity index (χ4n) is 3.16. The lowest BCUT2D eigenvalue weighted by Crippen LogP contribution is -2.30. The second kappa shape index (κ2) is 6.97. The molecule has 1 amide bonds. The lowest BCUT2D eigenvalue weighted by Gasteiger charge is -2.20. The molecule has 7 heteroatoms. The van der Waals surface area contributed by atoms with Gasteiger partial charge in [-0.3, -0.25) is 9.36 Å². The molecule has 0 saturated carbocycles. The second-order valence-electron chi connectivity index (χ2n) is 7.85. The summed E-state index contributed by atoms with van der Waals surface area (Å²) in [5.74, 6) is 0.360. The first-order valence-electron chi connectivity index (χ1n) is 9.05. The smallest absolute Gasteiger partial charge is 0.346 e. The summed E-state index contributed by atoms with van der Waals surface area (Å²) in [6, 6.07) is 5.17. The van der Waals surface area contributed by atoms with Crippen LogP contribution in [0.25, 0.3) is 0 Å². The molecule has 1 aromatic heterocycles. The first-order valence-corrected chi connectivity index (χ1v) is 9.05. The molecule has 0 radical (unpaired) electrons. The number of aromatic nitrogens is 3. The maximum atomic E-state index is 12.4. The average Bonchev–Trinajstić information content (AvgIpc) is 2.74. The van der Waals surface area contributed by atoms with E-state index in [0.29, 0.717) is 12.2 Å². The fraction of sp³-hybridized carbons (Fsp3) is 0.526. The van der Waals surface area contributed by atoms with Crippen LogP contribution in [0.15, 0.2) is 23.0 Å². The molecule has 0 saturated heterocycles. The Labute approximate surface area is 152 Å². The zero-order valence-corrected chi connectivity index (χ0v) is 15.6. The summed E-state index contributed by atoms with van der Waals surface area (Å²) in [5, 5.41) is 17.0. The van der Waals surface area contributed by atoms with Crippen LogP contribution < -0.4 is 11.0 Å². The van der Waals surface area contributed by atoms with Gasteiger partial charge < -0.3 is 10.4 Å². The van der Waals surface area contributed by atoms with Crippen molar-refractivity contribution in [1.82, 2.24) is 14.3 Å². The fourth-order valence-corrected chi connectivity index (χ4v) is 3.16. The Hall–Kier alpha value is -2.57. The molecule has 1 aliphatic rings. The van der Waals surface area contributed by atoms with Crippen molar-refractivity contribution in [3.05, 3.63) is 40.1 Å². The van der Waals surface area contributed by atoms with Gasteiger partial charge in [0.15, 0.2) is 0 Å². The van der Waals surface area contributed by atoms with Crippen molar-refractivity contribution < 1.29 is 9.90 Å². The molecule has 1 aromatic carbocycles. The average molecular weight is 358 g/mol. The minimum atomic E-state index is -0.387. The van der Waals surface area contributed by atoms with Gasteiger partial charge in [-0.1, -0.05) is 33.3 Å². The highest BCUT2D eigenvalue weighted by Crippen LogP contribution is 2.30. The number of carbonyl (C=O) groups is 1. The lowest BCUT2D eigenvalue weighted by molar-refractivity contribution is -0.117. The van der Waals surface area contributed by atoms with Crippen LogP contribution in [-0.2, 0) is 29.7 Å². The summed E-state index contributed by atoms with van der Waals surface area (Å²) >= 11 is 0.